The number of nitrogens with zero attached hydrogens (tertiary/aromatic N) is 1. The third-order valence-electron chi connectivity index (χ3n) is 3.76. The summed E-state index contributed by atoms with van der Waals surface area (Å²) in [6.45, 7) is 9.56. The van der Waals surface area contributed by atoms with Crippen LogP contribution in [0.5, 0.6) is 5.75 Å². The van der Waals surface area contributed by atoms with Crippen LogP contribution in [0.2, 0.25) is 0 Å². The fourth-order valence-corrected chi connectivity index (χ4v) is 2.60. The predicted octanol–water partition coefficient (Wildman–Crippen LogP) is 3.06. The van der Waals surface area contributed by atoms with Gasteiger partial charge in [0.25, 0.3) is 0 Å². The smallest absolute Gasteiger partial charge is 0.119 e. The zero-order chi connectivity index (χ0) is 13.8. The number of hydrogen-bond donors (Lipinski definition) is 1. The monoisotopic (exact) mass is 298 g/mol. The van der Waals surface area contributed by atoms with Crippen LogP contribution >= 0.6 is 12.4 Å². The van der Waals surface area contributed by atoms with E-state index in [0.717, 1.165) is 31.8 Å². The van der Waals surface area contributed by atoms with E-state index < -0.39 is 0 Å². The van der Waals surface area contributed by atoms with Gasteiger partial charge >= 0.3 is 0 Å². The molecule has 0 radical (unpaired) electrons. The topological polar surface area (TPSA) is 38.5 Å². The van der Waals surface area contributed by atoms with Crippen molar-refractivity contribution >= 4 is 12.4 Å². The SMILES string of the molecule is CC(C)Oc1ccc(CN2CCC(N)C(C)C2)cc1.Cl. The molecule has 1 heterocycles. The summed E-state index contributed by atoms with van der Waals surface area (Å²) < 4.78 is 5.66. The molecule has 0 spiro atoms. The van der Waals surface area contributed by atoms with Gasteiger partial charge in [-0.25, -0.2) is 0 Å². The minimum atomic E-state index is 0. The highest BCUT2D eigenvalue weighted by Crippen LogP contribution is 2.19. The van der Waals surface area contributed by atoms with E-state index in [-0.39, 0.29) is 18.5 Å². The van der Waals surface area contributed by atoms with E-state index in [2.05, 4.69) is 36.1 Å². The van der Waals surface area contributed by atoms with Crippen molar-refractivity contribution in [2.75, 3.05) is 13.1 Å². The number of likely N-dealkylation sites (tertiary alicyclic amines) is 1. The molecule has 0 saturated carbocycles. The lowest BCUT2D eigenvalue weighted by molar-refractivity contribution is 0.157. The van der Waals surface area contributed by atoms with Crippen LogP contribution in [0, 0.1) is 5.92 Å². The second-order valence-electron chi connectivity index (χ2n) is 5.98. The summed E-state index contributed by atoms with van der Waals surface area (Å²) in [6, 6.07) is 8.83. The van der Waals surface area contributed by atoms with Gasteiger partial charge in [-0.2, -0.15) is 0 Å². The van der Waals surface area contributed by atoms with Crippen molar-refractivity contribution in [1.29, 1.82) is 0 Å². The predicted molar refractivity (Wildman–Crippen MR) is 86.5 cm³/mol. The zero-order valence-corrected chi connectivity index (χ0v) is 13.5. The molecule has 3 nitrogen and oxygen atoms in total. The molecule has 2 N–H and O–H groups in total. The Kier molecular flexibility index (Phi) is 6.80. The van der Waals surface area contributed by atoms with Gasteiger partial charge in [-0.15, -0.1) is 12.4 Å². The van der Waals surface area contributed by atoms with Crippen molar-refractivity contribution in [3.05, 3.63) is 29.8 Å². The Morgan fingerprint density at radius 3 is 2.50 bits per heavy atom. The summed E-state index contributed by atoms with van der Waals surface area (Å²) in [5, 5.41) is 0. The Labute approximate surface area is 128 Å². The fraction of sp³-hybridized carbons (Fsp3) is 0.625. The second-order valence-corrected chi connectivity index (χ2v) is 5.98. The highest BCUT2D eigenvalue weighted by atomic mass is 35.5. The van der Waals surface area contributed by atoms with Gasteiger partial charge in [0.1, 0.15) is 5.75 Å². The van der Waals surface area contributed by atoms with Gasteiger partial charge in [-0.1, -0.05) is 19.1 Å². The minimum absolute atomic E-state index is 0. The van der Waals surface area contributed by atoms with Gasteiger partial charge in [-0.05, 0) is 50.4 Å². The molecule has 1 aliphatic rings. The van der Waals surface area contributed by atoms with Gasteiger partial charge in [0.15, 0.2) is 0 Å². The number of halogens is 1. The van der Waals surface area contributed by atoms with Gasteiger partial charge in [-0.3, -0.25) is 4.90 Å². The molecule has 1 aromatic carbocycles. The Hall–Kier alpha value is -0.770. The third-order valence-corrected chi connectivity index (χ3v) is 3.76. The molecule has 1 aliphatic heterocycles. The third kappa shape index (κ3) is 4.97. The Balaban J connectivity index is 0.00000200. The van der Waals surface area contributed by atoms with E-state index in [1.54, 1.807) is 0 Å². The highest BCUT2D eigenvalue weighted by Gasteiger charge is 2.22. The molecule has 1 aromatic rings. The molecule has 1 saturated heterocycles. The summed E-state index contributed by atoms with van der Waals surface area (Å²) in [7, 11) is 0. The largest absolute Gasteiger partial charge is 0.491 e. The van der Waals surface area contributed by atoms with Crippen LogP contribution in [0.15, 0.2) is 24.3 Å². The number of hydrogen-bond acceptors (Lipinski definition) is 3. The van der Waals surface area contributed by atoms with E-state index in [4.69, 9.17) is 10.5 Å². The van der Waals surface area contributed by atoms with Crippen molar-refractivity contribution < 1.29 is 4.74 Å². The van der Waals surface area contributed by atoms with Gasteiger partial charge in [0.05, 0.1) is 6.10 Å². The second kappa shape index (κ2) is 7.87. The number of piperidine rings is 1. The Morgan fingerprint density at radius 1 is 1.30 bits per heavy atom. The van der Waals surface area contributed by atoms with Crippen LogP contribution in [0.3, 0.4) is 0 Å². The maximum atomic E-state index is 6.06. The van der Waals surface area contributed by atoms with E-state index in [1.165, 1.54) is 5.56 Å². The lowest BCUT2D eigenvalue weighted by Crippen LogP contribution is -2.45. The highest BCUT2D eigenvalue weighted by molar-refractivity contribution is 5.85. The minimum Gasteiger partial charge on any atom is -0.491 e. The molecule has 2 unspecified atom stereocenters. The molecule has 0 amide bonds. The quantitative estimate of drug-likeness (QED) is 0.928. The average molecular weight is 299 g/mol. The Bertz CT molecular complexity index is 394. The number of rotatable bonds is 4. The first kappa shape index (κ1) is 17.3. The molecule has 114 valence electrons. The first-order valence-electron chi connectivity index (χ1n) is 7.28. The van der Waals surface area contributed by atoms with Crippen LogP contribution in [-0.4, -0.2) is 30.1 Å². The van der Waals surface area contributed by atoms with Crippen molar-refractivity contribution in [3.63, 3.8) is 0 Å². The summed E-state index contributed by atoms with van der Waals surface area (Å²) in [4.78, 5) is 2.49. The summed E-state index contributed by atoms with van der Waals surface area (Å²) in [6.07, 6.45) is 1.34. The first-order valence-corrected chi connectivity index (χ1v) is 7.28. The van der Waals surface area contributed by atoms with Gasteiger partial charge in [0.2, 0.25) is 0 Å². The normalized spacial score (nSPS) is 23.4. The van der Waals surface area contributed by atoms with Crippen LogP contribution in [0.1, 0.15) is 32.8 Å². The Morgan fingerprint density at radius 2 is 1.95 bits per heavy atom. The van der Waals surface area contributed by atoms with E-state index in [0.29, 0.717) is 12.0 Å². The lowest BCUT2D eigenvalue weighted by atomic mass is 9.94. The van der Waals surface area contributed by atoms with Crippen LogP contribution < -0.4 is 10.5 Å². The van der Waals surface area contributed by atoms with Crippen molar-refractivity contribution in [1.82, 2.24) is 4.90 Å². The number of nitrogens with two attached hydrogens (primary N) is 1. The van der Waals surface area contributed by atoms with Crippen molar-refractivity contribution in [3.8, 4) is 5.75 Å². The zero-order valence-electron chi connectivity index (χ0n) is 12.7. The molecule has 0 bridgehead atoms. The molecule has 2 atom stereocenters. The van der Waals surface area contributed by atoms with Crippen molar-refractivity contribution in [2.45, 2.75) is 45.9 Å². The number of benzene rings is 1. The summed E-state index contributed by atoms with van der Waals surface area (Å²) in [5.41, 5.74) is 7.40. The van der Waals surface area contributed by atoms with Crippen LogP contribution in [0.4, 0.5) is 0 Å². The van der Waals surface area contributed by atoms with E-state index >= 15 is 0 Å². The summed E-state index contributed by atoms with van der Waals surface area (Å²) >= 11 is 0. The maximum Gasteiger partial charge on any atom is 0.119 e. The molecular formula is C16H27ClN2O. The standard InChI is InChI=1S/C16H26N2O.ClH/c1-12(2)19-15-6-4-14(5-7-15)11-18-9-8-16(17)13(3)10-18;/h4-7,12-13,16H,8-11,17H2,1-3H3;1H. The molecular weight excluding hydrogens is 272 g/mol. The first-order chi connectivity index (χ1) is 9.04. The van der Waals surface area contributed by atoms with Crippen molar-refractivity contribution in [2.24, 2.45) is 11.7 Å². The van der Waals surface area contributed by atoms with E-state index in [1.807, 2.05) is 13.8 Å². The van der Waals surface area contributed by atoms with Crippen LogP contribution in [-0.2, 0) is 6.54 Å². The van der Waals surface area contributed by atoms with Crippen LogP contribution in [0.25, 0.3) is 0 Å². The molecule has 20 heavy (non-hydrogen) atoms. The van der Waals surface area contributed by atoms with Gasteiger partial charge in [0, 0.05) is 19.1 Å². The molecule has 2 rings (SSSR count). The van der Waals surface area contributed by atoms with E-state index in [9.17, 15) is 0 Å². The fourth-order valence-electron chi connectivity index (χ4n) is 2.60. The average Bonchev–Trinajstić information content (AvgIpc) is 2.36. The maximum absolute atomic E-state index is 6.06. The lowest BCUT2D eigenvalue weighted by Gasteiger charge is -2.35. The summed E-state index contributed by atoms with van der Waals surface area (Å²) in [5.74, 6) is 1.55. The molecule has 0 aromatic heterocycles. The van der Waals surface area contributed by atoms with Gasteiger partial charge < -0.3 is 10.5 Å². The number of ether oxygens (including phenoxy) is 1. The molecule has 1 fully saturated rings. The molecule has 4 heteroatoms. The molecule has 0 aliphatic carbocycles.